The van der Waals surface area contributed by atoms with Crippen molar-refractivity contribution in [3.63, 3.8) is 0 Å². The van der Waals surface area contributed by atoms with Crippen molar-refractivity contribution < 1.29 is 4.79 Å². The number of likely N-dealkylation sites (tertiary alicyclic amines) is 1. The minimum absolute atomic E-state index is 0.0886. The monoisotopic (exact) mass is 244 g/mol. The van der Waals surface area contributed by atoms with Crippen LogP contribution < -0.4 is 5.32 Å². The van der Waals surface area contributed by atoms with Crippen molar-refractivity contribution in [1.29, 1.82) is 0 Å². The highest BCUT2D eigenvalue weighted by Crippen LogP contribution is 2.27. The average Bonchev–Trinajstić information content (AvgIpc) is 3.04. The quantitative estimate of drug-likeness (QED) is 0.879. The molecule has 0 radical (unpaired) electrons. The molecule has 2 aliphatic rings. The molecule has 0 spiro atoms. The van der Waals surface area contributed by atoms with Crippen LogP contribution in [0, 0.1) is 0 Å². The van der Waals surface area contributed by atoms with Crippen LogP contribution in [0.25, 0.3) is 0 Å². The molecule has 1 aliphatic heterocycles. The molecule has 0 aromatic heterocycles. The molecule has 1 amide bonds. The van der Waals surface area contributed by atoms with Gasteiger partial charge in [0.2, 0.25) is 5.91 Å². The maximum atomic E-state index is 12.4. The van der Waals surface area contributed by atoms with Crippen molar-refractivity contribution in [2.75, 3.05) is 13.1 Å². The van der Waals surface area contributed by atoms with E-state index in [-0.39, 0.29) is 11.9 Å². The van der Waals surface area contributed by atoms with Crippen molar-refractivity contribution >= 4 is 5.91 Å². The van der Waals surface area contributed by atoms with E-state index in [1.54, 1.807) is 0 Å². The standard InChI is InChI=1S/C15H20N2O/c18-15(16-13-8-9-13)14(17-10-4-5-11-17)12-6-2-1-3-7-12/h1-3,6-7,13-14H,4-5,8-11H2,(H,16,18). The van der Waals surface area contributed by atoms with Crippen LogP contribution in [0.3, 0.4) is 0 Å². The van der Waals surface area contributed by atoms with E-state index >= 15 is 0 Å². The Kier molecular flexibility index (Phi) is 3.33. The fourth-order valence-corrected chi connectivity index (χ4v) is 2.67. The molecule has 1 aromatic rings. The SMILES string of the molecule is O=C(NC1CC1)C(c1ccccc1)N1CCCC1. The number of rotatable bonds is 4. The van der Waals surface area contributed by atoms with Crippen molar-refractivity contribution in [2.24, 2.45) is 0 Å². The topological polar surface area (TPSA) is 32.3 Å². The van der Waals surface area contributed by atoms with Gasteiger partial charge >= 0.3 is 0 Å². The molecule has 1 heterocycles. The first-order valence-corrected chi connectivity index (χ1v) is 6.94. The van der Waals surface area contributed by atoms with Gasteiger partial charge in [0.05, 0.1) is 0 Å². The fraction of sp³-hybridized carbons (Fsp3) is 0.533. The molecule has 1 aliphatic carbocycles. The van der Waals surface area contributed by atoms with Gasteiger partial charge in [0.15, 0.2) is 0 Å². The van der Waals surface area contributed by atoms with E-state index in [9.17, 15) is 4.79 Å². The van der Waals surface area contributed by atoms with Crippen molar-refractivity contribution in [1.82, 2.24) is 10.2 Å². The third-order valence-corrected chi connectivity index (χ3v) is 3.79. The molecule has 3 heteroatoms. The summed E-state index contributed by atoms with van der Waals surface area (Å²) in [6.45, 7) is 2.08. The lowest BCUT2D eigenvalue weighted by atomic mass is 10.0. The molecule has 1 aromatic carbocycles. The molecule has 1 N–H and O–H groups in total. The Balaban J connectivity index is 1.80. The van der Waals surface area contributed by atoms with Crippen LogP contribution >= 0.6 is 0 Å². The first-order chi connectivity index (χ1) is 8.84. The van der Waals surface area contributed by atoms with Crippen LogP contribution in [0.4, 0.5) is 0 Å². The van der Waals surface area contributed by atoms with Crippen molar-refractivity contribution in [2.45, 2.75) is 37.8 Å². The van der Waals surface area contributed by atoms with Gasteiger partial charge in [-0.2, -0.15) is 0 Å². The number of carbonyl (C=O) groups is 1. The Morgan fingerprint density at radius 2 is 1.83 bits per heavy atom. The van der Waals surface area contributed by atoms with Crippen molar-refractivity contribution in [3.8, 4) is 0 Å². The zero-order chi connectivity index (χ0) is 12.4. The zero-order valence-electron chi connectivity index (χ0n) is 10.6. The van der Waals surface area contributed by atoms with Gasteiger partial charge in [-0.15, -0.1) is 0 Å². The second-order valence-electron chi connectivity index (χ2n) is 5.34. The first kappa shape index (κ1) is 11.7. The predicted octanol–water partition coefficient (Wildman–Crippen LogP) is 2.10. The van der Waals surface area contributed by atoms with Crippen LogP contribution in [0.15, 0.2) is 30.3 Å². The van der Waals surface area contributed by atoms with Crippen LogP contribution in [-0.4, -0.2) is 29.9 Å². The van der Waals surface area contributed by atoms with E-state index in [4.69, 9.17) is 0 Å². The predicted molar refractivity (Wildman–Crippen MR) is 71.2 cm³/mol. The summed E-state index contributed by atoms with van der Waals surface area (Å²) in [4.78, 5) is 14.7. The lowest BCUT2D eigenvalue weighted by molar-refractivity contribution is -0.126. The minimum Gasteiger partial charge on any atom is -0.352 e. The van der Waals surface area contributed by atoms with Crippen LogP contribution in [-0.2, 0) is 4.79 Å². The smallest absolute Gasteiger partial charge is 0.242 e. The third kappa shape index (κ3) is 2.56. The summed E-state index contributed by atoms with van der Waals surface area (Å²) in [6.07, 6.45) is 4.71. The van der Waals surface area contributed by atoms with Crippen LogP contribution in [0.2, 0.25) is 0 Å². The van der Waals surface area contributed by atoms with Crippen LogP contribution in [0.5, 0.6) is 0 Å². The molecular weight excluding hydrogens is 224 g/mol. The maximum absolute atomic E-state index is 12.4. The highest BCUT2D eigenvalue weighted by atomic mass is 16.2. The highest BCUT2D eigenvalue weighted by Gasteiger charge is 2.33. The Bertz CT molecular complexity index is 408. The molecule has 2 fully saturated rings. The van der Waals surface area contributed by atoms with Crippen molar-refractivity contribution in [3.05, 3.63) is 35.9 Å². The Labute approximate surface area is 108 Å². The van der Waals surface area contributed by atoms with Gasteiger partial charge in [0.25, 0.3) is 0 Å². The molecule has 3 rings (SSSR count). The third-order valence-electron chi connectivity index (χ3n) is 3.79. The normalized spacial score (nSPS) is 21.8. The van der Waals surface area contributed by atoms with E-state index in [1.165, 1.54) is 12.8 Å². The maximum Gasteiger partial charge on any atom is 0.242 e. The lowest BCUT2D eigenvalue weighted by Crippen LogP contribution is -2.40. The van der Waals surface area contributed by atoms with Gasteiger partial charge in [-0.25, -0.2) is 0 Å². The van der Waals surface area contributed by atoms with E-state index in [2.05, 4.69) is 22.3 Å². The molecule has 96 valence electrons. The summed E-state index contributed by atoms with van der Waals surface area (Å²) in [7, 11) is 0. The lowest BCUT2D eigenvalue weighted by Gasteiger charge is -2.26. The molecule has 0 bridgehead atoms. The number of nitrogens with zero attached hydrogens (tertiary/aromatic N) is 1. The van der Waals surface area contributed by atoms with Gasteiger partial charge in [-0.05, 0) is 44.3 Å². The number of hydrogen-bond acceptors (Lipinski definition) is 2. The Hall–Kier alpha value is -1.35. The van der Waals surface area contributed by atoms with Gasteiger partial charge in [-0.1, -0.05) is 30.3 Å². The molecule has 1 saturated carbocycles. The highest BCUT2D eigenvalue weighted by molar-refractivity contribution is 5.83. The Morgan fingerprint density at radius 1 is 1.17 bits per heavy atom. The molecular formula is C15H20N2O. The van der Waals surface area contributed by atoms with Crippen LogP contribution in [0.1, 0.15) is 37.3 Å². The molecule has 1 atom stereocenters. The second-order valence-corrected chi connectivity index (χ2v) is 5.34. The minimum atomic E-state index is -0.0886. The van der Waals surface area contributed by atoms with E-state index < -0.39 is 0 Å². The van der Waals surface area contributed by atoms with Gasteiger partial charge < -0.3 is 5.32 Å². The molecule has 3 nitrogen and oxygen atoms in total. The number of hydrogen-bond donors (Lipinski definition) is 1. The number of nitrogens with one attached hydrogen (secondary N) is 1. The molecule has 1 unspecified atom stereocenters. The first-order valence-electron chi connectivity index (χ1n) is 6.94. The summed E-state index contributed by atoms with van der Waals surface area (Å²) in [5, 5.41) is 3.15. The summed E-state index contributed by atoms with van der Waals surface area (Å²) in [5.41, 5.74) is 1.12. The average molecular weight is 244 g/mol. The molecule has 18 heavy (non-hydrogen) atoms. The summed E-state index contributed by atoms with van der Waals surface area (Å²) >= 11 is 0. The Morgan fingerprint density at radius 3 is 2.44 bits per heavy atom. The van der Waals surface area contributed by atoms with E-state index in [1.807, 2.05) is 18.2 Å². The summed E-state index contributed by atoms with van der Waals surface area (Å²) in [6, 6.07) is 10.5. The largest absolute Gasteiger partial charge is 0.352 e. The number of amides is 1. The van der Waals surface area contributed by atoms with Gasteiger partial charge in [-0.3, -0.25) is 9.69 Å². The molecule has 1 saturated heterocycles. The van der Waals surface area contributed by atoms with Gasteiger partial charge in [0, 0.05) is 6.04 Å². The summed E-state index contributed by atoms with van der Waals surface area (Å²) in [5.74, 6) is 0.186. The number of benzene rings is 1. The van der Waals surface area contributed by atoms with Gasteiger partial charge in [0.1, 0.15) is 6.04 Å². The van der Waals surface area contributed by atoms with E-state index in [0.29, 0.717) is 6.04 Å². The fourth-order valence-electron chi connectivity index (χ4n) is 2.67. The van der Waals surface area contributed by atoms with E-state index in [0.717, 1.165) is 31.5 Å². The zero-order valence-corrected chi connectivity index (χ0v) is 10.6. The number of carbonyl (C=O) groups excluding carboxylic acids is 1. The second kappa shape index (κ2) is 5.11. The summed E-state index contributed by atoms with van der Waals surface area (Å²) < 4.78 is 0.